The lowest BCUT2D eigenvalue weighted by molar-refractivity contribution is -0.242. The van der Waals surface area contributed by atoms with Crippen LogP contribution in [-0.2, 0) is 15.9 Å². The van der Waals surface area contributed by atoms with Gasteiger partial charge in [-0.25, -0.2) is 19.9 Å². The second-order valence-electron chi connectivity index (χ2n) is 5.75. The second kappa shape index (κ2) is 3.68. The molecule has 6 heteroatoms. The summed E-state index contributed by atoms with van der Waals surface area (Å²) in [6.07, 6.45) is 3.18. The van der Waals surface area contributed by atoms with Crippen LogP contribution >= 0.6 is 0 Å². The van der Waals surface area contributed by atoms with Crippen LogP contribution in [0.25, 0.3) is 11.2 Å². The fourth-order valence-corrected chi connectivity index (χ4v) is 3.01. The van der Waals surface area contributed by atoms with Crippen LogP contribution in [0.3, 0.4) is 0 Å². The highest BCUT2D eigenvalue weighted by Gasteiger charge is 2.52. The van der Waals surface area contributed by atoms with Crippen molar-refractivity contribution in [1.29, 1.82) is 0 Å². The fraction of sp³-hybridized carbons (Fsp3) is 0.538. The summed E-state index contributed by atoms with van der Waals surface area (Å²) in [4.78, 5) is 23.1. The van der Waals surface area contributed by atoms with Crippen molar-refractivity contribution >= 4 is 11.2 Å². The molecule has 2 aromatic heterocycles. The summed E-state index contributed by atoms with van der Waals surface area (Å²) in [5.41, 5.74) is 2.47. The molecule has 6 nitrogen and oxygen atoms in total. The first-order valence-electron chi connectivity index (χ1n) is 6.22. The summed E-state index contributed by atoms with van der Waals surface area (Å²) >= 11 is 0. The van der Waals surface area contributed by atoms with Gasteiger partial charge in [-0.1, -0.05) is 0 Å². The summed E-state index contributed by atoms with van der Waals surface area (Å²) in [5.74, 6) is 0. The Bertz CT molecular complexity index is 598. The van der Waals surface area contributed by atoms with E-state index in [4.69, 9.17) is 9.82 Å². The van der Waals surface area contributed by atoms with Gasteiger partial charge >= 0.3 is 0 Å². The molecule has 0 unspecified atom stereocenters. The largest absolute Gasteiger partial charge is 0.300 e. The number of rotatable bonds is 1. The summed E-state index contributed by atoms with van der Waals surface area (Å²) in [5, 5.41) is 1.93. The van der Waals surface area contributed by atoms with Gasteiger partial charge < -0.3 is 4.84 Å². The first kappa shape index (κ1) is 12.4. The maximum Gasteiger partial charge on any atom is 0.181 e. The molecule has 0 amide bonds. The maximum atomic E-state index is 5.57. The minimum Gasteiger partial charge on any atom is -0.300 e. The van der Waals surface area contributed by atoms with E-state index in [0.29, 0.717) is 11.2 Å². The molecule has 0 saturated carbocycles. The van der Waals surface area contributed by atoms with E-state index in [9.17, 15) is 0 Å². The molecule has 1 aliphatic heterocycles. The standard InChI is InChI=1S/C13H17N5O/c1-12(2)9-10(13(3,4)18(12)19-5)17-11-8(16-9)6-14-7-15-11/h6-7H,1-5H3. The van der Waals surface area contributed by atoms with Gasteiger partial charge in [0.25, 0.3) is 0 Å². The zero-order chi connectivity index (χ0) is 13.8. The molecule has 0 N–H and O–H groups in total. The van der Waals surface area contributed by atoms with Gasteiger partial charge in [0, 0.05) is 0 Å². The highest BCUT2D eigenvalue weighted by molar-refractivity contribution is 5.69. The number of hydroxylamine groups is 2. The summed E-state index contributed by atoms with van der Waals surface area (Å²) in [7, 11) is 1.68. The Morgan fingerprint density at radius 1 is 1.05 bits per heavy atom. The Morgan fingerprint density at radius 3 is 2.32 bits per heavy atom. The minimum absolute atomic E-state index is 0.343. The molecule has 0 saturated heterocycles. The van der Waals surface area contributed by atoms with Gasteiger partial charge in [-0.05, 0) is 27.7 Å². The van der Waals surface area contributed by atoms with Crippen LogP contribution < -0.4 is 0 Å². The first-order valence-corrected chi connectivity index (χ1v) is 6.22. The Labute approximate surface area is 111 Å². The SMILES string of the molecule is CON1C(C)(C)c2nc3cncnc3nc2C1(C)C. The maximum absolute atomic E-state index is 5.57. The van der Waals surface area contributed by atoms with E-state index < -0.39 is 0 Å². The average Bonchev–Trinajstić information content (AvgIpc) is 2.51. The van der Waals surface area contributed by atoms with E-state index in [2.05, 4.69) is 42.6 Å². The van der Waals surface area contributed by atoms with Crippen molar-refractivity contribution in [3.05, 3.63) is 23.9 Å². The lowest BCUT2D eigenvalue weighted by Crippen LogP contribution is -2.44. The number of nitrogens with zero attached hydrogens (tertiary/aromatic N) is 5. The smallest absolute Gasteiger partial charge is 0.181 e. The molecule has 2 aromatic rings. The molecule has 0 spiro atoms. The monoisotopic (exact) mass is 259 g/mol. The van der Waals surface area contributed by atoms with Crippen molar-refractivity contribution in [1.82, 2.24) is 25.0 Å². The summed E-state index contributed by atoms with van der Waals surface area (Å²) < 4.78 is 0. The van der Waals surface area contributed by atoms with Crippen LogP contribution in [0, 0.1) is 0 Å². The van der Waals surface area contributed by atoms with Crippen molar-refractivity contribution < 1.29 is 4.84 Å². The van der Waals surface area contributed by atoms with E-state index in [1.807, 2.05) is 5.06 Å². The topological polar surface area (TPSA) is 64.0 Å². The van der Waals surface area contributed by atoms with E-state index in [0.717, 1.165) is 11.4 Å². The van der Waals surface area contributed by atoms with Crippen LogP contribution in [0.1, 0.15) is 39.1 Å². The van der Waals surface area contributed by atoms with Crippen LogP contribution in [0.5, 0.6) is 0 Å². The molecule has 0 bridgehead atoms. The zero-order valence-corrected chi connectivity index (χ0v) is 11.8. The fourth-order valence-electron chi connectivity index (χ4n) is 3.01. The number of aromatic nitrogens is 4. The van der Waals surface area contributed by atoms with Gasteiger partial charge in [0.05, 0.1) is 35.8 Å². The van der Waals surface area contributed by atoms with Gasteiger partial charge in [-0.2, -0.15) is 5.06 Å². The normalized spacial score (nSPS) is 20.7. The van der Waals surface area contributed by atoms with Crippen molar-refractivity contribution in [3.63, 3.8) is 0 Å². The lowest BCUT2D eigenvalue weighted by atomic mass is 10.0. The molecule has 19 heavy (non-hydrogen) atoms. The minimum atomic E-state index is -0.347. The van der Waals surface area contributed by atoms with Crippen LogP contribution in [0.4, 0.5) is 0 Å². The quantitative estimate of drug-likeness (QED) is 0.777. The van der Waals surface area contributed by atoms with Gasteiger partial charge in [-0.15, -0.1) is 0 Å². The lowest BCUT2D eigenvalue weighted by Gasteiger charge is -2.37. The molecule has 0 aromatic carbocycles. The Morgan fingerprint density at radius 2 is 1.68 bits per heavy atom. The van der Waals surface area contributed by atoms with Gasteiger partial charge in [0.1, 0.15) is 11.8 Å². The van der Waals surface area contributed by atoms with Crippen molar-refractivity contribution in [2.24, 2.45) is 0 Å². The molecule has 0 radical (unpaired) electrons. The Kier molecular flexibility index (Phi) is 2.40. The summed E-state index contributed by atoms with van der Waals surface area (Å²) in [6.45, 7) is 8.31. The van der Waals surface area contributed by atoms with E-state index >= 15 is 0 Å². The molecule has 3 heterocycles. The van der Waals surface area contributed by atoms with Crippen LogP contribution in [0.2, 0.25) is 0 Å². The van der Waals surface area contributed by atoms with E-state index in [-0.39, 0.29) is 11.1 Å². The Balaban J connectivity index is 2.35. The molecule has 0 atom stereocenters. The molecule has 3 rings (SSSR count). The number of hydrogen-bond donors (Lipinski definition) is 0. The van der Waals surface area contributed by atoms with Gasteiger partial charge in [0.15, 0.2) is 5.65 Å². The third kappa shape index (κ3) is 1.50. The average molecular weight is 259 g/mol. The molecular weight excluding hydrogens is 242 g/mol. The second-order valence-corrected chi connectivity index (χ2v) is 5.75. The number of fused-ring (bicyclic) bond motifs is 2. The highest BCUT2D eigenvalue weighted by Crippen LogP contribution is 2.47. The number of hydrogen-bond acceptors (Lipinski definition) is 6. The Hall–Kier alpha value is -1.66. The van der Waals surface area contributed by atoms with Crippen LogP contribution in [-0.4, -0.2) is 32.1 Å². The van der Waals surface area contributed by atoms with Crippen molar-refractivity contribution in [3.8, 4) is 0 Å². The van der Waals surface area contributed by atoms with Gasteiger partial charge in [-0.3, -0.25) is 0 Å². The van der Waals surface area contributed by atoms with Crippen molar-refractivity contribution in [2.45, 2.75) is 38.8 Å². The molecule has 0 aliphatic carbocycles. The molecule has 0 fully saturated rings. The van der Waals surface area contributed by atoms with E-state index in [1.54, 1.807) is 13.3 Å². The van der Waals surface area contributed by atoms with Crippen molar-refractivity contribution in [2.75, 3.05) is 7.11 Å². The molecule has 100 valence electrons. The predicted octanol–water partition coefficient (Wildman–Crippen LogP) is 1.77. The van der Waals surface area contributed by atoms with E-state index in [1.165, 1.54) is 6.33 Å². The third-order valence-corrected chi connectivity index (χ3v) is 3.70. The molecule has 1 aliphatic rings. The first-order chi connectivity index (χ1) is 8.89. The zero-order valence-electron chi connectivity index (χ0n) is 11.8. The highest BCUT2D eigenvalue weighted by atomic mass is 16.7. The molecular formula is C13H17N5O. The van der Waals surface area contributed by atoms with Gasteiger partial charge in [0.2, 0.25) is 0 Å². The summed E-state index contributed by atoms with van der Waals surface area (Å²) in [6, 6.07) is 0. The van der Waals surface area contributed by atoms with Crippen LogP contribution in [0.15, 0.2) is 12.5 Å². The predicted molar refractivity (Wildman–Crippen MR) is 70.0 cm³/mol. The third-order valence-electron chi connectivity index (χ3n) is 3.70.